The smallest absolute Gasteiger partial charge is 0.337 e. The monoisotopic (exact) mass is 299 g/mol. The summed E-state index contributed by atoms with van der Waals surface area (Å²) in [6, 6.07) is 11.2. The van der Waals surface area contributed by atoms with Crippen LogP contribution in [0.15, 0.2) is 42.5 Å². The number of carbonyl (C=O) groups excluding carboxylic acids is 1. The first-order chi connectivity index (χ1) is 10.6. The number of carbonyl (C=O) groups is 2. The predicted molar refractivity (Wildman–Crippen MR) is 78.7 cm³/mol. The Balaban J connectivity index is 1.94. The first-order valence-electron chi connectivity index (χ1n) is 6.58. The van der Waals surface area contributed by atoms with Gasteiger partial charge in [0.25, 0.3) is 5.91 Å². The molecule has 1 amide bonds. The van der Waals surface area contributed by atoms with Crippen LogP contribution in [0.5, 0.6) is 11.5 Å². The topological polar surface area (TPSA) is 76.1 Å². The highest BCUT2D eigenvalue weighted by atomic mass is 16.7. The number of ether oxygens (including phenoxy) is 2. The largest absolute Gasteiger partial charge is 0.478 e. The molecule has 0 radical (unpaired) electrons. The summed E-state index contributed by atoms with van der Waals surface area (Å²) in [6.07, 6.45) is 0. The standard InChI is InChI=1S/C16H13NO5/c1-17(12-5-3-2-4-11(12)16(19)20)15(18)10-6-7-13-14(8-10)22-9-21-13/h2-8H,9H2,1H3,(H,19,20). The molecule has 0 spiro atoms. The quantitative estimate of drug-likeness (QED) is 0.941. The molecule has 2 aromatic carbocycles. The molecule has 6 nitrogen and oxygen atoms in total. The normalized spacial score (nSPS) is 12.0. The maximum Gasteiger partial charge on any atom is 0.337 e. The van der Waals surface area contributed by atoms with Crippen molar-refractivity contribution in [3.8, 4) is 11.5 Å². The molecule has 6 heteroatoms. The van der Waals surface area contributed by atoms with Gasteiger partial charge in [-0.05, 0) is 30.3 Å². The van der Waals surface area contributed by atoms with Gasteiger partial charge in [0.2, 0.25) is 6.79 Å². The molecular formula is C16H13NO5. The third-order valence-corrected chi connectivity index (χ3v) is 3.42. The zero-order valence-corrected chi connectivity index (χ0v) is 11.8. The Kier molecular flexibility index (Phi) is 3.42. The summed E-state index contributed by atoms with van der Waals surface area (Å²) >= 11 is 0. The Morgan fingerprint density at radius 1 is 1.09 bits per heavy atom. The summed E-state index contributed by atoms with van der Waals surface area (Å²) in [5, 5.41) is 9.22. The molecule has 22 heavy (non-hydrogen) atoms. The summed E-state index contributed by atoms with van der Waals surface area (Å²) in [4.78, 5) is 25.1. The van der Waals surface area contributed by atoms with Crippen molar-refractivity contribution in [3.05, 3.63) is 53.6 Å². The second-order valence-corrected chi connectivity index (χ2v) is 4.75. The second-order valence-electron chi connectivity index (χ2n) is 4.75. The molecule has 0 saturated carbocycles. The number of nitrogens with zero attached hydrogens (tertiary/aromatic N) is 1. The number of carboxylic acids is 1. The van der Waals surface area contributed by atoms with Crippen molar-refractivity contribution >= 4 is 17.6 Å². The van der Waals surface area contributed by atoms with Crippen molar-refractivity contribution in [1.82, 2.24) is 0 Å². The number of hydrogen-bond acceptors (Lipinski definition) is 4. The Morgan fingerprint density at radius 2 is 1.82 bits per heavy atom. The zero-order chi connectivity index (χ0) is 15.7. The van der Waals surface area contributed by atoms with Crippen LogP contribution in [0, 0.1) is 0 Å². The van der Waals surface area contributed by atoms with E-state index in [0.717, 1.165) is 0 Å². The van der Waals surface area contributed by atoms with Crippen LogP contribution in [0.25, 0.3) is 0 Å². The van der Waals surface area contributed by atoms with Crippen LogP contribution < -0.4 is 14.4 Å². The van der Waals surface area contributed by atoms with Crippen LogP contribution in [-0.2, 0) is 0 Å². The summed E-state index contributed by atoms with van der Waals surface area (Å²) in [5.41, 5.74) is 0.795. The number of fused-ring (bicyclic) bond motifs is 1. The Labute approximate surface area is 126 Å². The number of benzene rings is 2. The van der Waals surface area contributed by atoms with Gasteiger partial charge in [0.1, 0.15) is 0 Å². The fraction of sp³-hybridized carbons (Fsp3) is 0.125. The minimum absolute atomic E-state index is 0.0686. The van der Waals surface area contributed by atoms with Crippen molar-refractivity contribution in [2.75, 3.05) is 18.7 Å². The summed E-state index contributed by atoms with van der Waals surface area (Å²) in [6.45, 7) is 0.130. The van der Waals surface area contributed by atoms with E-state index in [1.807, 2.05) is 0 Å². The van der Waals surface area contributed by atoms with Gasteiger partial charge in [0.05, 0.1) is 11.3 Å². The van der Waals surface area contributed by atoms with E-state index in [4.69, 9.17) is 9.47 Å². The number of carboxylic acid groups (broad SMARTS) is 1. The Hall–Kier alpha value is -3.02. The molecule has 0 aromatic heterocycles. The molecule has 0 unspecified atom stereocenters. The predicted octanol–water partition coefficient (Wildman–Crippen LogP) is 2.39. The third-order valence-electron chi connectivity index (χ3n) is 3.42. The van der Waals surface area contributed by atoms with Gasteiger partial charge in [-0.25, -0.2) is 4.79 Å². The zero-order valence-electron chi connectivity index (χ0n) is 11.8. The lowest BCUT2D eigenvalue weighted by molar-refractivity contribution is 0.0697. The highest BCUT2D eigenvalue weighted by Crippen LogP contribution is 2.33. The third kappa shape index (κ3) is 2.35. The first-order valence-corrected chi connectivity index (χ1v) is 6.58. The number of anilines is 1. The Bertz CT molecular complexity index is 756. The minimum Gasteiger partial charge on any atom is -0.478 e. The molecule has 1 aliphatic rings. The lowest BCUT2D eigenvalue weighted by Gasteiger charge is -2.19. The maximum atomic E-state index is 12.6. The molecule has 2 aromatic rings. The fourth-order valence-corrected chi connectivity index (χ4v) is 2.28. The van der Waals surface area contributed by atoms with E-state index in [0.29, 0.717) is 22.7 Å². The van der Waals surface area contributed by atoms with Gasteiger partial charge in [-0.1, -0.05) is 12.1 Å². The van der Waals surface area contributed by atoms with E-state index in [9.17, 15) is 14.7 Å². The van der Waals surface area contributed by atoms with Crippen LogP contribution in [0.1, 0.15) is 20.7 Å². The van der Waals surface area contributed by atoms with Gasteiger partial charge in [-0.2, -0.15) is 0 Å². The van der Waals surface area contributed by atoms with Crippen LogP contribution in [-0.4, -0.2) is 30.8 Å². The molecule has 1 N–H and O–H groups in total. The average molecular weight is 299 g/mol. The average Bonchev–Trinajstić information content (AvgIpc) is 3.01. The highest BCUT2D eigenvalue weighted by molar-refractivity contribution is 6.09. The van der Waals surface area contributed by atoms with Crippen LogP contribution >= 0.6 is 0 Å². The van der Waals surface area contributed by atoms with Crippen LogP contribution in [0.3, 0.4) is 0 Å². The van der Waals surface area contributed by atoms with E-state index < -0.39 is 5.97 Å². The van der Waals surface area contributed by atoms with Crippen molar-refractivity contribution in [3.63, 3.8) is 0 Å². The first kappa shape index (κ1) is 13.9. The number of aromatic carboxylic acids is 1. The van der Waals surface area contributed by atoms with Gasteiger partial charge >= 0.3 is 5.97 Å². The molecule has 0 aliphatic carbocycles. The van der Waals surface area contributed by atoms with E-state index in [1.54, 1.807) is 36.4 Å². The molecule has 112 valence electrons. The second kappa shape index (κ2) is 5.40. The molecule has 0 fully saturated rings. The van der Waals surface area contributed by atoms with Crippen molar-refractivity contribution in [2.45, 2.75) is 0 Å². The molecular weight excluding hydrogens is 286 g/mol. The lowest BCUT2D eigenvalue weighted by Crippen LogP contribution is -2.27. The summed E-state index contributed by atoms with van der Waals surface area (Å²) < 4.78 is 10.5. The van der Waals surface area contributed by atoms with E-state index in [-0.39, 0.29) is 18.3 Å². The maximum absolute atomic E-state index is 12.6. The van der Waals surface area contributed by atoms with E-state index in [1.165, 1.54) is 18.0 Å². The molecule has 1 heterocycles. The van der Waals surface area contributed by atoms with Crippen molar-refractivity contribution < 1.29 is 24.2 Å². The van der Waals surface area contributed by atoms with Gasteiger partial charge in [-0.3, -0.25) is 4.79 Å². The molecule has 0 bridgehead atoms. The van der Waals surface area contributed by atoms with E-state index in [2.05, 4.69) is 0 Å². The van der Waals surface area contributed by atoms with E-state index >= 15 is 0 Å². The highest BCUT2D eigenvalue weighted by Gasteiger charge is 2.21. The van der Waals surface area contributed by atoms with Gasteiger partial charge in [0.15, 0.2) is 11.5 Å². The molecule has 0 atom stereocenters. The minimum atomic E-state index is -1.08. The number of amides is 1. The molecule has 1 aliphatic heterocycles. The number of rotatable bonds is 3. The van der Waals surface area contributed by atoms with Gasteiger partial charge < -0.3 is 19.5 Å². The molecule has 3 rings (SSSR count). The Morgan fingerprint density at radius 3 is 2.59 bits per heavy atom. The lowest BCUT2D eigenvalue weighted by atomic mass is 10.1. The summed E-state index contributed by atoms with van der Waals surface area (Å²) in [5.74, 6) is -0.316. The van der Waals surface area contributed by atoms with Gasteiger partial charge in [-0.15, -0.1) is 0 Å². The van der Waals surface area contributed by atoms with Crippen molar-refractivity contribution in [2.24, 2.45) is 0 Å². The number of para-hydroxylation sites is 1. The SMILES string of the molecule is CN(C(=O)c1ccc2c(c1)OCO2)c1ccccc1C(=O)O. The summed E-state index contributed by atoms with van der Waals surface area (Å²) in [7, 11) is 1.54. The van der Waals surface area contributed by atoms with Crippen LogP contribution in [0.2, 0.25) is 0 Å². The van der Waals surface area contributed by atoms with Crippen LogP contribution in [0.4, 0.5) is 5.69 Å². The fourth-order valence-electron chi connectivity index (χ4n) is 2.28. The number of hydrogen-bond donors (Lipinski definition) is 1. The molecule has 0 saturated heterocycles. The van der Waals surface area contributed by atoms with Crippen molar-refractivity contribution in [1.29, 1.82) is 0 Å². The van der Waals surface area contributed by atoms with Gasteiger partial charge in [0, 0.05) is 12.6 Å².